The van der Waals surface area contributed by atoms with E-state index in [4.69, 9.17) is 16.3 Å². The molecule has 0 spiro atoms. The number of aliphatic hydroxyl groups is 1. The third-order valence-corrected chi connectivity index (χ3v) is 6.82. The highest BCUT2D eigenvalue weighted by atomic mass is 35.5. The van der Waals surface area contributed by atoms with E-state index in [1.807, 2.05) is 6.07 Å². The van der Waals surface area contributed by atoms with Crippen LogP contribution in [0.4, 0.5) is 0 Å². The van der Waals surface area contributed by atoms with Crippen molar-refractivity contribution >= 4 is 33.8 Å². The van der Waals surface area contributed by atoms with E-state index in [0.717, 1.165) is 68.6 Å². The Labute approximate surface area is 181 Å². The first-order chi connectivity index (χ1) is 14.1. The largest absolute Gasteiger partial charge is 0.494 e. The molecule has 0 atom stereocenters. The fourth-order valence-electron chi connectivity index (χ4n) is 3.95. The number of halogens is 1. The molecular formula is C23H29ClN2O2S. The molecule has 0 radical (unpaired) electrons. The van der Waals surface area contributed by atoms with Crippen LogP contribution in [0.5, 0.6) is 5.75 Å². The average molecular weight is 433 g/mol. The minimum atomic E-state index is -0.144. The zero-order valence-electron chi connectivity index (χ0n) is 16.9. The Kier molecular flexibility index (Phi) is 6.81. The van der Waals surface area contributed by atoms with Gasteiger partial charge in [0.05, 0.1) is 23.6 Å². The van der Waals surface area contributed by atoms with Crippen molar-refractivity contribution in [2.75, 3.05) is 19.7 Å². The van der Waals surface area contributed by atoms with E-state index in [2.05, 4.69) is 46.9 Å². The SMILES string of the molecule is CCCCOc1ccc2c(c1)c(CN1CCC(O)CC1)cn2Cc1ccc(Cl)s1. The summed E-state index contributed by atoms with van der Waals surface area (Å²) >= 11 is 7.77. The van der Waals surface area contributed by atoms with Crippen LogP contribution in [0.1, 0.15) is 43.0 Å². The van der Waals surface area contributed by atoms with Gasteiger partial charge in [0.15, 0.2) is 0 Å². The molecule has 1 aromatic carbocycles. The van der Waals surface area contributed by atoms with Gasteiger partial charge in [-0.3, -0.25) is 4.90 Å². The molecule has 1 fully saturated rings. The second kappa shape index (κ2) is 9.52. The zero-order chi connectivity index (χ0) is 20.2. The maximum Gasteiger partial charge on any atom is 0.120 e. The Morgan fingerprint density at radius 2 is 2.00 bits per heavy atom. The number of fused-ring (bicyclic) bond motifs is 1. The summed E-state index contributed by atoms with van der Waals surface area (Å²) < 4.78 is 9.12. The normalized spacial score (nSPS) is 16.0. The lowest BCUT2D eigenvalue weighted by Gasteiger charge is -2.29. The van der Waals surface area contributed by atoms with Crippen LogP contribution in [0.2, 0.25) is 4.34 Å². The quantitative estimate of drug-likeness (QED) is 0.475. The molecule has 2 aromatic heterocycles. The van der Waals surface area contributed by atoms with E-state index in [9.17, 15) is 5.11 Å². The fourth-order valence-corrected chi connectivity index (χ4v) is 5.04. The van der Waals surface area contributed by atoms with Crippen molar-refractivity contribution in [3.63, 3.8) is 0 Å². The minimum absolute atomic E-state index is 0.144. The lowest BCUT2D eigenvalue weighted by molar-refractivity contribution is 0.0794. The smallest absolute Gasteiger partial charge is 0.120 e. The molecular weight excluding hydrogens is 404 g/mol. The standard InChI is InChI=1S/C23H29ClN2O2S/c1-2-3-12-28-19-4-6-22-21(13-19)17(14-25-10-8-18(27)9-11-25)15-26(22)16-20-5-7-23(24)29-20/h4-7,13,15,18,27H,2-3,8-12,14,16H2,1H3. The van der Waals surface area contributed by atoms with Gasteiger partial charge in [-0.2, -0.15) is 0 Å². The number of ether oxygens (including phenoxy) is 1. The summed E-state index contributed by atoms with van der Waals surface area (Å²) in [6.07, 6.45) is 6.05. The number of thiophene rings is 1. The average Bonchev–Trinajstić information content (AvgIpc) is 3.27. The molecule has 6 heteroatoms. The van der Waals surface area contributed by atoms with E-state index in [1.54, 1.807) is 11.3 Å². The van der Waals surface area contributed by atoms with Crippen molar-refractivity contribution in [1.82, 2.24) is 9.47 Å². The molecule has 3 heterocycles. The third-order valence-electron chi connectivity index (χ3n) is 5.61. The van der Waals surface area contributed by atoms with Gasteiger partial charge in [0.1, 0.15) is 5.75 Å². The second-order valence-corrected chi connectivity index (χ2v) is 9.68. The first kappa shape index (κ1) is 20.7. The molecule has 4 nitrogen and oxygen atoms in total. The van der Waals surface area contributed by atoms with Gasteiger partial charge < -0.3 is 14.4 Å². The molecule has 4 rings (SSSR count). The molecule has 1 aliphatic rings. The van der Waals surface area contributed by atoms with Crippen LogP contribution in [0.15, 0.2) is 36.5 Å². The van der Waals surface area contributed by atoms with Crippen LogP contribution in [0, 0.1) is 0 Å². The lowest BCUT2D eigenvalue weighted by atomic mass is 10.1. The van der Waals surface area contributed by atoms with Crippen LogP contribution in [-0.4, -0.2) is 40.4 Å². The van der Waals surface area contributed by atoms with Crippen molar-refractivity contribution < 1.29 is 9.84 Å². The Morgan fingerprint density at radius 1 is 1.17 bits per heavy atom. The van der Waals surface area contributed by atoms with E-state index in [-0.39, 0.29) is 6.10 Å². The van der Waals surface area contributed by atoms with Crippen LogP contribution < -0.4 is 4.74 Å². The van der Waals surface area contributed by atoms with E-state index in [0.29, 0.717) is 0 Å². The van der Waals surface area contributed by atoms with E-state index >= 15 is 0 Å². The van der Waals surface area contributed by atoms with Gasteiger partial charge in [0.25, 0.3) is 0 Å². The number of unbranched alkanes of at least 4 members (excludes halogenated alkanes) is 1. The highest BCUT2D eigenvalue weighted by Gasteiger charge is 2.19. The molecule has 0 unspecified atom stereocenters. The Morgan fingerprint density at radius 3 is 2.72 bits per heavy atom. The molecule has 156 valence electrons. The predicted octanol–water partition coefficient (Wildman–Crippen LogP) is 5.54. The summed E-state index contributed by atoms with van der Waals surface area (Å²) in [5.41, 5.74) is 2.55. The van der Waals surface area contributed by atoms with Crippen LogP contribution in [0.25, 0.3) is 10.9 Å². The number of aromatic nitrogens is 1. The summed E-state index contributed by atoms with van der Waals surface area (Å²) in [7, 11) is 0. The van der Waals surface area contributed by atoms with E-state index in [1.165, 1.54) is 21.3 Å². The number of hydrogen-bond donors (Lipinski definition) is 1. The van der Waals surface area contributed by atoms with Crippen LogP contribution in [0.3, 0.4) is 0 Å². The minimum Gasteiger partial charge on any atom is -0.494 e. The van der Waals surface area contributed by atoms with Crippen molar-refractivity contribution in [2.45, 2.75) is 51.8 Å². The summed E-state index contributed by atoms with van der Waals surface area (Å²) in [4.78, 5) is 3.70. The number of benzene rings is 1. The Balaban J connectivity index is 1.62. The molecule has 0 amide bonds. The number of piperidine rings is 1. The summed E-state index contributed by atoms with van der Waals surface area (Å²) in [6.45, 7) is 6.55. The van der Waals surface area contributed by atoms with Crippen molar-refractivity contribution in [1.29, 1.82) is 0 Å². The number of hydrogen-bond acceptors (Lipinski definition) is 4. The highest BCUT2D eigenvalue weighted by molar-refractivity contribution is 7.16. The molecule has 0 bridgehead atoms. The fraction of sp³-hybridized carbons (Fsp3) is 0.478. The van der Waals surface area contributed by atoms with Crippen LogP contribution in [-0.2, 0) is 13.1 Å². The van der Waals surface area contributed by atoms with E-state index < -0.39 is 0 Å². The number of nitrogens with zero attached hydrogens (tertiary/aromatic N) is 2. The summed E-state index contributed by atoms with van der Waals surface area (Å²) in [5, 5.41) is 11.1. The highest BCUT2D eigenvalue weighted by Crippen LogP contribution is 2.30. The first-order valence-corrected chi connectivity index (χ1v) is 11.7. The number of rotatable bonds is 8. The molecule has 0 aliphatic carbocycles. The Bertz CT molecular complexity index is 944. The molecule has 0 saturated carbocycles. The number of aliphatic hydroxyl groups excluding tert-OH is 1. The zero-order valence-corrected chi connectivity index (χ0v) is 18.5. The summed E-state index contributed by atoms with van der Waals surface area (Å²) in [6, 6.07) is 10.5. The van der Waals surface area contributed by atoms with Gasteiger partial charge in [0, 0.05) is 41.6 Å². The van der Waals surface area contributed by atoms with Gasteiger partial charge in [-0.05, 0) is 55.2 Å². The van der Waals surface area contributed by atoms with Gasteiger partial charge in [-0.1, -0.05) is 24.9 Å². The third kappa shape index (κ3) is 5.15. The van der Waals surface area contributed by atoms with Gasteiger partial charge in [-0.25, -0.2) is 0 Å². The van der Waals surface area contributed by atoms with Crippen molar-refractivity contribution in [3.8, 4) is 5.75 Å². The lowest BCUT2D eigenvalue weighted by Crippen LogP contribution is -2.35. The molecule has 3 aromatic rings. The molecule has 29 heavy (non-hydrogen) atoms. The second-order valence-electron chi connectivity index (χ2n) is 7.88. The molecule has 1 N–H and O–H groups in total. The Hall–Kier alpha value is -1.53. The van der Waals surface area contributed by atoms with Crippen molar-refractivity contribution in [2.24, 2.45) is 0 Å². The topological polar surface area (TPSA) is 37.6 Å². The van der Waals surface area contributed by atoms with Crippen LogP contribution >= 0.6 is 22.9 Å². The number of likely N-dealkylation sites (tertiary alicyclic amines) is 1. The molecule has 1 saturated heterocycles. The van der Waals surface area contributed by atoms with Gasteiger partial charge in [-0.15, -0.1) is 11.3 Å². The summed E-state index contributed by atoms with van der Waals surface area (Å²) in [5.74, 6) is 0.943. The monoisotopic (exact) mass is 432 g/mol. The maximum atomic E-state index is 9.82. The van der Waals surface area contributed by atoms with Gasteiger partial charge >= 0.3 is 0 Å². The predicted molar refractivity (Wildman–Crippen MR) is 121 cm³/mol. The first-order valence-electron chi connectivity index (χ1n) is 10.5. The van der Waals surface area contributed by atoms with Crippen molar-refractivity contribution in [3.05, 3.63) is 51.3 Å². The maximum absolute atomic E-state index is 9.82. The molecule has 1 aliphatic heterocycles. The van der Waals surface area contributed by atoms with Gasteiger partial charge in [0.2, 0.25) is 0 Å².